The van der Waals surface area contributed by atoms with E-state index in [9.17, 15) is 4.79 Å². The lowest BCUT2D eigenvalue weighted by Gasteiger charge is -2.21. The highest BCUT2D eigenvalue weighted by molar-refractivity contribution is 7.08. The summed E-state index contributed by atoms with van der Waals surface area (Å²) < 4.78 is 0. The van der Waals surface area contributed by atoms with Gasteiger partial charge in [-0.1, -0.05) is 0 Å². The summed E-state index contributed by atoms with van der Waals surface area (Å²) in [4.78, 5) is 34.2. The number of aromatic nitrogens is 7. The SMILES string of the molecule is O=C(CC1CCNCC1)Nc1cncc(-c2cnc3n[nH]c(-c4nc5nccc(-c6ccsc6)c5[nH]4)c3c2)c1. The van der Waals surface area contributed by atoms with Crippen molar-refractivity contribution in [2.45, 2.75) is 19.3 Å². The maximum atomic E-state index is 12.6. The van der Waals surface area contributed by atoms with Gasteiger partial charge in [-0.3, -0.25) is 14.9 Å². The van der Waals surface area contributed by atoms with Crippen LogP contribution in [0.15, 0.2) is 59.8 Å². The number of nitrogens with zero attached hydrogens (tertiary/aromatic N) is 5. The third kappa shape index (κ3) is 4.66. The van der Waals surface area contributed by atoms with Crippen LogP contribution in [0.25, 0.3) is 56.0 Å². The summed E-state index contributed by atoms with van der Waals surface area (Å²) >= 11 is 1.65. The normalized spacial score (nSPS) is 14.3. The lowest BCUT2D eigenvalue weighted by atomic mass is 9.94. The zero-order valence-electron chi connectivity index (χ0n) is 20.9. The predicted molar refractivity (Wildman–Crippen MR) is 152 cm³/mol. The number of fused-ring (bicyclic) bond motifs is 2. The van der Waals surface area contributed by atoms with Gasteiger partial charge in [0.1, 0.15) is 5.69 Å². The second kappa shape index (κ2) is 10.0. The number of piperidine rings is 1. The molecule has 6 aromatic heterocycles. The number of hydrogen-bond donors (Lipinski definition) is 4. The number of nitrogens with one attached hydrogen (secondary N) is 4. The van der Waals surface area contributed by atoms with Crippen LogP contribution in [0.1, 0.15) is 19.3 Å². The summed E-state index contributed by atoms with van der Waals surface area (Å²) in [6.07, 6.45) is 9.56. The van der Waals surface area contributed by atoms with Crippen LogP contribution in [-0.4, -0.2) is 54.1 Å². The molecule has 11 heteroatoms. The Kier molecular flexibility index (Phi) is 6.06. The molecule has 39 heavy (non-hydrogen) atoms. The molecule has 0 unspecified atom stereocenters. The molecule has 0 aromatic carbocycles. The molecular formula is C28H25N9OS. The molecule has 0 spiro atoms. The Hall–Kier alpha value is -4.48. The van der Waals surface area contributed by atoms with E-state index in [2.05, 4.69) is 57.6 Å². The molecule has 1 fully saturated rings. The highest BCUT2D eigenvalue weighted by atomic mass is 32.1. The number of aromatic amines is 2. The fraction of sp³-hybridized carbons (Fsp3) is 0.214. The van der Waals surface area contributed by atoms with Crippen LogP contribution in [0.4, 0.5) is 5.69 Å². The van der Waals surface area contributed by atoms with Crippen LogP contribution in [0, 0.1) is 5.92 Å². The molecule has 7 rings (SSSR count). The zero-order valence-corrected chi connectivity index (χ0v) is 21.8. The Bertz CT molecular complexity index is 1780. The average Bonchev–Trinajstić information content (AvgIpc) is 3.73. The van der Waals surface area contributed by atoms with Gasteiger partial charge in [-0.15, -0.1) is 0 Å². The Morgan fingerprint density at radius 1 is 1.03 bits per heavy atom. The molecule has 0 bridgehead atoms. The van der Waals surface area contributed by atoms with Gasteiger partial charge in [-0.2, -0.15) is 16.4 Å². The van der Waals surface area contributed by atoms with Gasteiger partial charge in [0.25, 0.3) is 0 Å². The molecule has 0 radical (unpaired) electrons. The molecule has 0 atom stereocenters. The maximum Gasteiger partial charge on any atom is 0.224 e. The lowest BCUT2D eigenvalue weighted by molar-refractivity contribution is -0.117. The van der Waals surface area contributed by atoms with Crippen LogP contribution in [0.5, 0.6) is 0 Å². The van der Waals surface area contributed by atoms with E-state index < -0.39 is 0 Å². The van der Waals surface area contributed by atoms with E-state index in [1.165, 1.54) is 0 Å². The fourth-order valence-electron chi connectivity index (χ4n) is 5.15. The van der Waals surface area contributed by atoms with Crippen LogP contribution in [-0.2, 0) is 4.79 Å². The molecule has 0 saturated carbocycles. The van der Waals surface area contributed by atoms with E-state index in [-0.39, 0.29) is 5.91 Å². The number of H-pyrrole nitrogens is 2. The summed E-state index contributed by atoms with van der Waals surface area (Å²) in [7, 11) is 0. The number of imidazole rings is 1. The van der Waals surface area contributed by atoms with E-state index in [0.29, 0.717) is 35.1 Å². The van der Waals surface area contributed by atoms with Crippen molar-refractivity contribution in [1.29, 1.82) is 0 Å². The number of amides is 1. The molecular weight excluding hydrogens is 510 g/mol. The lowest BCUT2D eigenvalue weighted by Crippen LogP contribution is -2.30. The van der Waals surface area contributed by atoms with Crippen molar-refractivity contribution >= 4 is 45.1 Å². The number of thiophene rings is 1. The van der Waals surface area contributed by atoms with Gasteiger partial charge >= 0.3 is 0 Å². The van der Waals surface area contributed by atoms with Crippen LogP contribution < -0.4 is 10.6 Å². The summed E-state index contributed by atoms with van der Waals surface area (Å²) in [6, 6.07) is 8.01. The number of pyridine rings is 3. The second-order valence-corrected chi connectivity index (χ2v) is 10.5. The number of anilines is 1. The van der Waals surface area contributed by atoms with E-state index in [4.69, 9.17) is 4.98 Å². The zero-order chi connectivity index (χ0) is 26.2. The highest BCUT2D eigenvalue weighted by Crippen LogP contribution is 2.32. The molecule has 4 N–H and O–H groups in total. The van der Waals surface area contributed by atoms with Crippen molar-refractivity contribution in [3.63, 3.8) is 0 Å². The minimum absolute atomic E-state index is 0.0202. The van der Waals surface area contributed by atoms with Crippen molar-refractivity contribution in [3.05, 3.63) is 59.8 Å². The quantitative estimate of drug-likeness (QED) is 0.235. The summed E-state index contributed by atoms with van der Waals surface area (Å²) in [5.41, 5.74) is 7.37. The topological polar surface area (TPSA) is 137 Å². The Labute approximate surface area is 227 Å². The van der Waals surface area contributed by atoms with E-state index in [1.54, 1.807) is 36.1 Å². The van der Waals surface area contributed by atoms with Gasteiger partial charge in [0.2, 0.25) is 5.91 Å². The Balaban J connectivity index is 1.19. The van der Waals surface area contributed by atoms with Gasteiger partial charge in [0.05, 0.1) is 22.8 Å². The predicted octanol–water partition coefficient (Wildman–Crippen LogP) is 5.01. The van der Waals surface area contributed by atoms with Crippen molar-refractivity contribution in [3.8, 4) is 33.8 Å². The van der Waals surface area contributed by atoms with Gasteiger partial charge in [-0.25, -0.2) is 15.0 Å². The standard InChI is InChI=1S/C28H25N9OS/c38-23(9-16-1-5-29-6-2-16)33-20-10-18(12-30-14-20)19-11-22-25(36-37-26(22)32-13-19)28-34-24-21(17-4-8-39-15-17)3-7-31-27(24)35-28/h3-4,7-8,10-16,29H,1-2,5-6,9H2,(H,33,38)(H,31,34,35)(H,32,36,37). The van der Waals surface area contributed by atoms with E-state index in [1.807, 2.05) is 18.2 Å². The summed E-state index contributed by atoms with van der Waals surface area (Å²) in [5, 5.41) is 18.8. The monoisotopic (exact) mass is 535 g/mol. The molecule has 1 aliphatic rings. The Morgan fingerprint density at radius 3 is 2.79 bits per heavy atom. The maximum absolute atomic E-state index is 12.6. The number of carbonyl (C=O) groups excluding carboxylic acids is 1. The van der Waals surface area contributed by atoms with Crippen LogP contribution >= 0.6 is 11.3 Å². The molecule has 1 amide bonds. The summed E-state index contributed by atoms with van der Waals surface area (Å²) in [6.45, 7) is 1.95. The van der Waals surface area contributed by atoms with Crippen molar-refractivity contribution in [1.82, 2.24) is 40.4 Å². The molecule has 0 aliphatic carbocycles. The molecule has 7 heterocycles. The molecule has 1 saturated heterocycles. The fourth-order valence-corrected chi connectivity index (χ4v) is 5.81. The minimum atomic E-state index is 0.0202. The first kappa shape index (κ1) is 23.6. The largest absolute Gasteiger partial charge is 0.335 e. The van der Waals surface area contributed by atoms with Gasteiger partial charge in [0, 0.05) is 41.7 Å². The third-order valence-electron chi connectivity index (χ3n) is 7.16. The first-order valence-corrected chi connectivity index (χ1v) is 13.8. The number of hydrogen-bond acceptors (Lipinski definition) is 8. The number of carbonyl (C=O) groups is 1. The van der Waals surface area contributed by atoms with Gasteiger partial charge in [0.15, 0.2) is 17.1 Å². The first-order chi connectivity index (χ1) is 19.2. The first-order valence-electron chi connectivity index (χ1n) is 12.9. The summed E-state index contributed by atoms with van der Waals surface area (Å²) in [5.74, 6) is 1.08. The van der Waals surface area contributed by atoms with Gasteiger partial charge in [-0.05, 0) is 72.4 Å². The van der Waals surface area contributed by atoms with E-state index >= 15 is 0 Å². The van der Waals surface area contributed by atoms with E-state index in [0.717, 1.165) is 64.8 Å². The molecule has 1 aliphatic heterocycles. The van der Waals surface area contributed by atoms with Crippen LogP contribution in [0.2, 0.25) is 0 Å². The third-order valence-corrected chi connectivity index (χ3v) is 7.84. The highest BCUT2D eigenvalue weighted by Gasteiger charge is 2.18. The molecule has 6 aromatic rings. The van der Waals surface area contributed by atoms with Crippen molar-refractivity contribution in [2.75, 3.05) is 18.4 Å². The second-order valence-electron chi connectivity index (χ2n) is 9.76. The Morgan fingerprint density at radius 2 is 1.92 bits per heavy atom. The average molecular weight is 536 g/mol. The van der Waals surface area contributed by atoms with Crippen LogP contribution in [0.3, 0.4) is 0 Å². The van der Waals surface area contributed by atoms with Gasteiger partial charge < -0.3 is 15.6 Å². The number of rotatable bonds is 6. The van der Waals surface area contributed by atoms with Crippen molar-refractivity contribution < 1.29 is 4.79 Å². The molecule has 10 nitrogen and oxygen atoms in total. The minimum Gasteiger partial charge on any atom is -0.335 e. The molecule has 194 valence electrons. The van der Waals surface area contributed by atoms with Crippen molar-refractivity contribution in [2.24, 2.45) is 5.92 Å². The smallest absolute Gasteiger partial charge is 0.224 e.